The van der Waals surface area contributed by atoms with Gasteiger partial charge < -0.3 is 15.3 Å². The maximum atomic E-state index is 13.1. The molecule has 0 atom stereocenters. The van der Waals surface area contributed by atoms with E-state index in [2.05, 4.69) is 23.5 Å². The van der Waals surface area contributed by atoms with Crippen LogP contribution in [0.25, 0.3) is 0 Å². The highest BCUT2D eigenvalue weighted by molar-refractivity contribution is 5.96. The van der Waals surface area contributed by atoms with Gasteiger partial charge in [0.15, 0.2) is 0 Å². The molecule has 0 fully saturated rings. The normalized spacial score (nSPS) is 12.8. The molecule has 0 radical (unpaired) electrons. The molecule has 1 heterocycles. The Morgan fingerprint density at radius 1 is 0.806 bits per heavy atom. The molecule has 0 unspecified atom stereocenters. The van der Waals surface area contributed by atoms with E-state index in [0.29, 0.717) is 19.5 Å². The summed E-state index contributed by atoms with van der Waals surface area (Å²) in [6, 6.07) is 16.2. The number of hydrogen-bond donors (Lipinski definition) is 2. The van der Waals surface area contributed by atoms with Crippen LogP contribution < -0.4 is 10.2 Å². The topological polar surface area (TPSA) is 86.7 Å². The van der Waals surface area contributed by atoms with Crippen molar-refractivity contribution in [3.8, 4) is 0 Å². The second-order valence-electron chi connectivity index (χ2n) is 7.93. The Morgan fingerprint density at radius 3 is 2.26 bits per heavy atom. The molecule has 2 N–H and O–H groups in total. The highest BCUT2D eigenvalue weighted by Gasteiger charge is 2.22. The number of rotatable bonds is 9. The summed E-state index contributed by atoms with van der Waals surface area (Å²) >= 11 is 0. The quantitative estimate of drug-likeness (QED) is 0.601. The van der Waals surface area contributed by atoms with E-state index in [4.69, 9.17) is 5.11 Å². The molecule has 164 valence electrons. The second-order valence-corrected chi connectivity index (χ2v) is 7.93. The summed E-state index contributed by atoms with van der Waals surface area (Å²) in [5.74, 6) is -0.996. The number of carboxylic acid groups (broad SMARTS) is 1. The van der Waals surface area contributed by atoms with E-state index < -0.39 is 5.97 Å². The minimum Gasteiger partial charge on any atom is -0.481 e. The molecule has 0 saturated heterocycles. The number of benzene rings is 2. The molecule has 2 amide bonds. The smallest absolute Gasteiger partial charge is 0.303 e. The SMILES string of the molecule is O=C(O)CCCCCNC(=O)CCC(=O)N1Cc2ccccc2CCc2ccccc21. The van der Waals surface area contributed by atoms with Crippen LogP contribution in [0.5, 0.6) is 0 Å². The number of carboxylic acids is 1. The summed E-state index contributed by atoms with van der Waals surface area (Å²) in [6.07, 6.45) is 4.39. The predicted molar refractivity (Wildman–Crippen MR) is 120 cm³/mol. The standard InChI is InChI=1S/C25H30N2O4/c28-23(26-17-7-1-2-12-25(30)31)15-16-24(29)27-18-21-10-4-3-8-19(21)13-14-20-9-5-6-11-22(20)27/h3-6,8-11H,1-2,7,12-18H2,(H,26,28)(H,30,31). The summed E-state index contributed by atoms with van der Waals surface area (Å²) < 4.78 is 0. The van der Waals surface area contributed by atoms with Crippen LogP contribution in [0.4, 0.5) is 5.69 Å². The van der Waals surface area contributed by atoms with Gasteiger partial charge in [-0.2, -0.15) is 0 Å². The number of aryl methyl sites for hydroxylation is 2. The lowest BCUT2D eigenvalue weighted by Crippen LogP contribution is -2.34. The van der Waals surface area contributed by atoms with Crippen LogP contribution in [0.15, 0.2) is 48.5 Å². The van der Waals surface area contributed by atoms with Gasteiger partial charge in [-0.25, -0.2) is 0 Å². The molecule has 6 heteroatoms. The lowest BCUT2D eigenvalue weighted by atomic mass is 9.95. The molecule has 0 aliphatic carbocycles. The number of fused-ring (bicyclic) bond motifs is 2. The van der Waals surface area contributed by atoms with Crippen LogP contribution in [0.2, 0.25) is 0 Å². The number of carbonyl (C=O) groups excluding carboxylic acids is 2. The Hall–Kier alpha value is -3.15. The third-order valence-electron chi connectivity index (χ3n) is 5.65. The van der Waals surface area contributed by atoms with Crippen LogP contribution in [-0.4, -0.2) is 29.4 Å². The maximum absolute atomic E-state index is 13.1. The second kappa shape index (κ2) is 11.3. The van der Waals surface area contributed by atoms with Crippen molar-refractivity contribution in [1.82, 2.24) is 5.32 Å². The summed E-state index contributed by atoms with van der Waals surface area (Å²) in [7, 11) is 0. The van der Waals surface area contributed by atoms with Gasteiger partial charge in [-0.1, -0.05) is 48.9 Å². The number of para-hydroxylation sites is 1. The zero-order valence-electron chi connectivity index (χ0n) is 17.8. The Bertz CT molecular complexity index is 925. The lowest BCUT2D eigenvalue weighted by Gasteiger charge is -2.29. The third-order valence-corrected chi connectivity index (χ3v) is 5.65. The maximum Gasteiger partial charge on any atom is 0.303 e. The number of nitrogens with one attached hydrogen (secondary N) is 1. The first-order valence-electron chi connectivity index (χ1n) is 11.0. The van der Waals surface area contributed by atoms with Crippen LogP contribution >= 0.6 is 0 Å². The molecule has 0 bridgehead atoms. The number of nitrogens with zero attached hydrogens (tertiary/aromatic N) is 1. The van der Waals surface area contributed by atoms with Crippen LogP contribution in [0, 0.1) is 0 Å². The van der Waals surface area contributed by atoms with Crippen molar-refractivity contribution in [2.45, 2.75) is 57.9 Å². The average molecular weight is 423 g/mol. The van der Waals surface area contributed by atoms with E-state index in [9.17, 15) is 14.4 Å². The highest BCUT2D eigenvalue weighted by atomic mass is 16.4. The molecule has 0 saturated carbocycles. The van der Waals surface area contributed by atoms with Gasteiger partial charge in [0.2, 0.25) is 11.8 Å². The number of hydrogen-bond acceptors (Lipinski definition) is 3. The molecule has 31 heavy (non-hydrogen) atoms. The fraction of sp³-hybridized carbons (Fsp3) is 0.400. The van der Waals surface area contributed by atoms with Gasteiger partial charge in [0, 0.05) is 31.5 Å². The largest absolute Gasteiger partial charge is 0.481 e. The molecule has 0 aromatic heterocycles. The number of unbranched alkanes of at least 4 members (excludes halogenated alkanes) is 2. The van der Waals surface area contributed by atoms with Crippen molar-refractivity contribution in [1.29, 1.82) is 0 Å². The molecule has 1 aliphatic rings. The monoisotopic (exact) mass is 422 g/mol. The molecular weight excluding hydrogens is 392 g/mol. The fourth-order valence-corrected chi connectivity index (χ4v) is 3.94. The zero-order valence-corrected chi connectivity index (χ0v) is 17.8. The lowest BCUT2D eigenvalue weighted by molar-refractivity contribution is -0.137. The summed E-state index contributed by atoms with van der Waals surface area (Å²) in [6.45, 7) is 1.02. The average Bonchev–Trinajstić information content (AvgIpc) is 2.76. The van der Waals surface area contributed by atoms with Gasteiger partial charge in [0.1, 0.15) is 0 Å². The van der Waals surface area contributed by atoms with Crippen molar-refractivity contribution in [3.63, 3.8) is 0 Å². The van der Waals surface area contributed by atoms with Gasteiger partial charge in [0.05, 0.1) is 6.54 Å². The van der Waals surface area contributed by atoms with Crippen molar-refractivity contribution in [2.75, 3.05) is 11.4 Å². The van der Waals surface area contributed by atoms with Crippen molar-refractivity contribution in [3.05, 3.63) is 65.2 Å². The third kappa shape index (κ3) is 6.67. The predicted octanol–water partition coefficient (Wildman–Crippen LogP) is 3.86. The molecule has 3 rings (SSSR count). The summed E-state index contributed by atoms with van der Waals surface area (Å²) in [5, 5.41) is 11.5. The van der Waals surface area contributed by atoms with E-state index in [1.807, 2.05) is 35.2 Å². The van der Waals surface area contributed by atoms with E-state index in [0.717, 1.165) is 42.5 Å². The molecule has 0 spiro atoms. The first-order chi connectivity index (χ1) is 15.0. The fourth-order valence-electron chi connectivity index (χ4n) is 3.94. The minimum absolute atomic E-state index is 0.0549. The van der Waals surface area contributed by atoms with Crippen molar-refractivity contribution in [2.24, 2.45) is 0 Å². The molecule has 6 nitrogen and oxygen atoms in total. The van der Waals surface area contributed by atoms with Gasteiger partial charge in [-0.05, 0) is 48.4 Å². The summed E-state index contributed by atoms with van der Waals surface area (Å²) in [5.41, 5.74) is 4.49. The summed E-state index contributed by atoms with van der Waals surface area (Å²) in [4.78, 5) is 37.6. The van der Waals surface area contributed by atoms with Crippen LogP contribution in [0.1, 0.15) is 55.2 Å². The zero-order chi connectivity index (χ0) is 22.1. The number of anilines is 1. The first kappa shape index (κ1) is 22.5. The van der Waals surface area contributed by atoms with Crippen molar-refractivity contribution < 1.29 is 19.5 Å². The van der Waals surface area contributed by atoms with Crippen molar-refractivity contribution >= 4 is 23.5 Å². The van der Waals surface area contributed by atoms with E-state index in [-0.39, 0.29) is 31.1 Å². The van der Waals surface area contributed by atoms with E-state index >= 15 is 0 Å². The molecule has 2 aromatic carbocycles. The van der Waals surface area contributed by atoms with Crippen LogP contribution in [0.3, 0.4) is 0 Å². The van der Waals surface area contributed by atoms with Gasteiger partial charge >= 0.3 is 5.97 Å². The van der Waals surface area contributed by atoms with E-state index in [1.165, 1.54) is 5.56 Å². The molecule has 1 aliphatic heterocycles. The Balaban J connectivity index is 1.56. The van der Waals surface area contributed by atoms with Crippen LogP contribution in [-0.2, 0) is 33.8 Å². The number of carbonyl (C=O) groups is 3. The van der Waals surface area contributed by atoms with E-state index in [1.54, 1.807) is 0 Å². The molecular formula is C25H30N2O4. The highest BCUT2D eigenvalue weighted by Crippen LogP contribution is 2.29. The Kier molecular flexibility index (Phi) is 8.21. The Labute approximate surface area is 183 Å². The van der Waals surface area contributed by atoms with Gasteiger partial charge in [0.25, 0.3) is 0 Å². The van der Waals surface area contributed by atoms with Gasteiger partial charge in [-0.3, -0.25) is 14.4 Å². The number of amides is 2. The number of aliphatic carboxylic acids is 1. The minimum atomic E-state index is -0.795. The Morgan fingerprint density at radius 2 is 1.48 bits per heavy atom. The molecule has 2 aromatic rings. The first-order valence-corrected chi connectivity index (χ1v) is 11.0. The van der Waals surface area contributed by atoms with Gasteiger partial charge in [-0.15, -0.1) is 0 Å².